The molecule has 0 unspecified atom stereocenters. The Morgan fingerprint density at radius 3 is 2.52 bits per heavy atom. The summed E-state index contributed by atoms with van der Waals surface area (Å²) in [6.45, 7) is 10.1. The molecule has 0 radical (unpaired) electrons. The van der Waals surface area contributed by atoms with E-state index in [1.54, 1.807) is 18.3 Å². The summed E-state index contributed by atoms with van der Waals surface area (Å²) in [7, 11) is 0. The summed E-state index contributed by atoms with van der Waals surface area (Å²) in [4.78, 5) is 26.5. The lowest BCUT2D eigenvalue weighted by atomic mass is 10.1. The number of nitrogens with one attached hydrogen (secondary N) is 1. The van der Waals surface area contributed by atoms with E-state index in [0.717, 1.165) is 48.9 Å². The maximum absolute atomic E-state index is 11.9. The van der Waals surface area contributed by atoms with Gasteiger partial charge in [0.1, 0.15) is 5.82 Å². The predicted octanol–water partition coefficient (Wildman–Crippen LogP) is 3.18. The largest absolute Gasteiger partial charge is 0.378 e. The minimum Gasteiger partial charge on any atom is -0.378 e. The van der Waals surface area contributed by atoms with Gasteiger partial charge in [-0.1, -0.05) is 24.3 Å². The topological polar surface area (TPSA) is 71.7 Å². The highest BCUT2D eigenvalue weighted by Crippen LogP contribution is 2.20. The van der Waals surface area contributed by atoms with Gasteiger partial charge in [-0.25, -0.2) is 16.5 Å². The van der Waals surface area contributed by atoms with E-state index in [-0.39, 0.29) is 12.6 Å². The Hall–Kier alpha value is -3.76. The molecule has 31 heavy (non-hydrogen) atoms. The number of anilines is 1. The van der Waals surface area contributed by atoms with Crippen LogP contribution in [0.3, 0.4) is 0 Å². The van der Waals surface area contributed by atoms with Crippen LogP contribution in [0.5, 0.6) is 0 Å². The number of nitrogens with zero attached hydrogens (tertiary/aromatic N) is 4. The van der Waals surface area contributed by atoms with E-state index in [0.29, 0.717) is 12.0 Å². The standard InChI is InChI=1S/C24H23N5O2/c1-25-17-27-24(30)20-6-4-19(5-7-20)22-10-11-26-23(28-22)16-18-2-8-21(9-3-18)29-12-14-31-15-13-29/h2-11H,12-17H2,(H,27,30). The van der Waals surface area contributed by atoms with Gasteiger partial charge in [0.25, 0.3) is 12.6 Å². The van der Waals surface area contributed by atoms with Crippen molar-refractivity contribution >= 4 is 11.6 Å². The number of amides is 1. The normalized spacial score (nSPS) is 13.5. The van der Waals surface area contributed by atoms with E-state index in [4.69, 9.17) is 16.3 Å². The quantitative estimate of drug-likeness (QED) is 0.629. The van der Waals surface area contributed by atoms with E-state index in [9.17, 15) is 4.79 Å². The van der Waals surface area contributed by atoms with Gasteiger partial charge in [0, 0.05) is 42.5 Å². The van der Waals surface area contributed by atoms with Crippen LogP contribution >= 0.6 is 0 Å². The number of benzene rings is 2. The van der Waals surface area contributed by atoms with Gasteiger partial charge >= 0.3 is 0 Å². The van der Waals surface area contributed by atoms with Crippen LogP contribution < -0.4 is 10.2 Å². The number of hydrogen-bond donors (Lipinski definition) is 1. The Morgan fingerprint density at radius 1 is 1.06 bits per heavy atom. The predicted molar refractivity (Wildman–Crippen MR) is 119 cm³/mol. The molecule has 1 aliphatic heterocycles. The molecule has 2 aromatic carbocycles. The second kappa shape index (κ2) is 9.83. The van der Waals surface area contributed by atoms with Crippen LogP contribution in [0.15, 0.2) is 60.8 Å². The first kappa shape index (κ1) is 20.5. The highest BCUT2D eigenvalue weighted by molar-refractivity contribution is 5.94. The van der Waals surface area contributed by atoms with Crippen LogP contribution in [0.4, 0.5) is 5.69 Å². The van der Waals surface area contributed by atoms with Gasteiger partial charge in [-0.05, 0) is 35.9 Å². The number of ether oxygens (including phenoxy) is 1. The Labute approximate surface area is 181 Å². The first-order valence-corrected chi connectivity index (χ1v) is 10.2. The molecule has 0 spiro atoms. The lowest BCUT2D eigenvalue weighted by Crippen LogP contribution is -2.36. The number of hydrogen-bond acceptors (Lipinski definition) is 5. The third kappa shape index (κ3) is 5.24. The summed E-state index contributed by atoms with van der Waals surface area (Å²) in [5.74, 6) is 0.488. The van der Waals surface area contributed by atoms with Crippen molar-refractivity contribution in [3.05, 3.63) is 89.2 Å². The molecule has 1 fully saturated rings. The average molecular weight is 413 g/mol. The molecule has 2 heterocycles. The smallest absolute Gasteiger partial charge is 0.289 e. The number of morpholine rings is 1. The molecule has 156 valence electrons. The lowest BCUT2D eigenvalue weighted by Gasteiger charge is -2.28. The van der Waals surface area contributed by atoms with Crippen molar-refractivity contribution in [1.29, 1.82) is 0 Å². The fourth-order valence-corrected chi connectivity index (χ4v) is 3.48. The Kier molecular flexibility index (Phi) is 6.50. The molecule has 4 rings (SSSR count). The molecule has 1 N–H and O–H groups in total. The summed E-state index contributed by atoms with van der Waals surface area (Å²) in [5, 5.41) is 2.54. The van der Waals surface area contributed by atoms with E-state index < -0.39 is 0 Å². The van der Waals surface area contributed by atoms with Gasteiger partial charge in [0.05, 0.1) is 18.9 Å². The molecule has 0 bridgehead atoms. The second-order valence-corrected chi connectivity index (χ2v) is 7.20. The van der Waals surface area contributed by atoms with Crippen LogP contribution in [0.1, 0.15) is 21.7 Å². The molecule has 7 nitrogen and oxygen atoms in total. The van der Waals surface area contributed by atoms with Gasteiger partial charge in [0.2, 0.25) is 0 Å². The average Bonchev–Trinajstić information content (AvgIpc) is 2.84. The summed E-state index contributed by atoms with van der Waals surface area (Å²) in [5.41, 5.74) is 4.60. The molecule has 1 aromatic heterocycles. The SMILES string of the molecule is [C-]#[N+]CNC(=O)c1ccc(-c2ccnc(Cc3ccc(N4CCOCC4)cc3)n2)cc1. The summed E-state index contributed by atoms with van der Waals surface area (Å²) in [6.07, 6.45) is 2.41. The van der Waals surface area contributed by atoms with Crippen molar-refractivity contribution in [2.45, 2.75) is 6.42 Å². The second-order valence-electron chi connectivity index (χ2n) is 7.20. The van der Waals surface area contributed by atoms with Gasteiger partial charge in [-0.2, -0.15) is 0 Å². The number of aromatic nitrogens is 2. The molecule has 0 saturated carbocycles. The van der Waals surface area contributed by atoms with Crippen molar-refractivity contribution in [2.24, 2.45) is 0 Å². The van der Waals surface area contributed by atoms with Gasteiger partial charge in [-0.3, -0.25) is 15.0 Å². The van der Waals surface area contributed by atoms with Crippen molar-refractivity contribution in [2.75, 3.05) is 37.9 Å². The van der Waals surface area contributed by atoms with Gasteiger partial charge < -0.3 is 9.64 Å². The monoisotopic (exact) mass is 413 g/mol. The minimum atomic E-state index is -0.258. The number of carbonyl (C=O) groups is 1. The Morgan fingerprint density at radius 2 is 1.81 bits per heavy atom. The zero-order valence-corrected chi connectivity index (χ0v) is 17.1. The third-order valence-corrected chi connectivity index (χ3v) is 5.14. The molecular formula is C24H23N5O2. The van der Waals surface area contributed by atoms with E-state index >= 15 is 0 Å². The summed E-state index contributed by atoms with van der Waals surface area (Å²) >= 11 is 0. The molecule has 1 aliphatic rings. The highest BCUT2D eigenvalue weighted by atomic mass is 16.5. The van der Waals surface area contributed by atoms with E-state index in [1.807, 2.05) is 18.2 Å². The zero-order chi connectivity index (χ0) is 21.5. The molecular weight excluding hydrogens is 390 g/mol. The summed E-state index contributed by atoms with van der Waals surface area (Å²) < 4.78 is 5.42. The van der Waals surface area contributed by atoms with Gasteiger partial charge in [-0.15, -0.1) is 0 Å². The lowest BCUT2D eigenvalue weighted by molar-refractivity contribution is 0.0958. The van der Waals surface area contributed by atoms with E-state index in [2.05, 4.69) is 44.3 Å². The fraction of sp³-hybridized carbons (Fsp3) is 0.250. The van der Waals surface area contributed by atoms with Crippen LogP contribution in [-0.2, 0) is 11.2 Å². The van der Waals surface area contributed by atoms with Crippen molar-refractivity contribution < 1.29 is 9.53 Å². The van der Waals surface area contributed by atoms with E-state index in [1.165, 1.54) is 5.69 Å². The van der Waals surface area contributed by atoms with Crippen LogP contribution in [-0.4, -0.2) is 48.8 Å². The van der Waals surface area contributed by atoms with Crippen LogP contribution in [0.25, 0.3) is 16.1 Å². The Bertz CT molecular complexity index is 1070. The molecule has 0 atom stereocenters. The summed E-state index contributed by atoms with van der Waals surface area (Å²) in [6, 6.07) is 17.6. The maximum Gasteiger partial charge on any atom is 0.289 e. The maximum atomic E-state index is 11.9. The van der Waals surface area contributed by atoms with Crippen molar-refractivity contribution in [3.63, 3.8) is 0 Å². The van der Waals surface area contributed by atoms with Gasteiger partial charge in [0.15, 0.2) is 0 Å². The third-order valence-electron chi connectivity index (χ3n) is 5.14. The Balaban J connectivity index is 1.43. The molecule has 0 aliphatic carbocycles. The molecule has 7 heteroatoms. The minimum absolute atomic E-state index is 0.0245. The van der Waals surface area contributed by atoms with Crippen LogP contribution in [0, 0.1) is 6.57 Å². The van der Waals surface area contributed by atoms with Crippen molar-refractivity contribution in [3.8, 4) is 11.3 Å². The first-order chi connectivity index (χ1) is 15.2. The molecule has 3 aromatic rings. The van der Waals surface area contributed by atoms with Crippen molar-refractivity contribution in [1.82, 2.24) is 15.3 Å². The first-order valence-electron chi connectivity index (χ1n) is 10.2. The highest BCUT2D eigenvalue weighted by Gasteiger charge is 2.11. The molecule has 1 saturated heterocycles. The molecule has 1 amide bonds. The van der Waals surface area contributed by atoms with Crippen LogP contribution in [0.2, 0.25) is 0 Å². The zero-order valence-electron chi connectivity index (χ0n) is 17.1. The number of carbonyl (C=O) groups excluding carboxylic acids is 1. The fourth-order valence-electron chi connectivity index (χ4n) is 3.48. The number of rotatable bonds is 6.